The molecule has 0 aliphatic carbocycles. The number of phosphoric ester groups is 1. The zero-order valence-electron chi connectivity index (χ0n) is 15.4. The van der Waals surface area contributed by atoms with E-state index in [-0.39, 0.29) is 6.42 Å². The molecule has 0 saturated heterocycles. The second-order valence-corrected chi connectivity index (χ2v) is 7.67. The lowest BCUT2D eigenvalue weighted by molar-refractivity contribution is -0.137. The summed E-state index contributed by atoms with van der Waals surface area (Å²) in [4.78, 5) is 28.4. The van der Waals surface area contributed by atoms with E-state index in [2.05, 4.69) is 6.92 Å². The van der Waals surface area contributed by atoms with Crippen molar-refractivity contribution in [3.05, 3.63) is 12.2 Å². The van der Waals surface area contributed by atoms with E-state index >= 15 is 0 Å². The fourth-order valence-electron chi connectivity index (χ4n) is 2.64. The molecule has 0 bridgehead atoms. The van der Waals surface area contributed by atoms with E-state index in [0.29, 0.717) is 12.8 Å². The van der Waals surface area contributed by atoms with Crippen molar-refractivity contribution in [3.63, 3.8) is 0 Å². The molecule has 25 heavy (non-hydrogen) atoms. The molecule has 0 aliphatic rings. The minimum absolute atomic E-state index is 0.249. The van der Waals surface area contributed by atoms with Crippen LogP contribution in [-0.2, 0) is 13.9 Å². The van der Waals surface area contributed by atoms with Crippen molar-refractivity contribution in [2.75, 3.05) is 0 Å². The lowest BCUT2D eigenvalue weighted by Gasteiger charge is -2.16. The van der Waals surface area contributed by atoms with Crippen molar-refractivity contribution in [2.24, 2.45) is 0 Å². The molecule has 1 atom stereocenters. The molecule has 7 heteroatoms. The van der Waals surface area contributed by atoms with E-state index in [1.54, 1.807) is 0 Å². The van der Waals surface area contributed by atoms with E-state index in [1.807, 2.05) is 12.2 Å². The average molecular weight is 378 g/mol. The first-order valence-electron chi connectivity index (χ1n) is 9.46. The Morgan fingerprint density at radius 2 is 1.64 bits per heavy atom. The number of rotatable bonds is 17. The van der Waals surface area contributed by atoms with Crippen LogP contribution < -0.4 is 0 Å². The van der Waals surface area contributed by atoms with Crippen LogP contribution in [0, 0.1) is 0 Å². The zero-order valence-corrected chi connectivity index (χ0v) is 16.3. The highest BCUT2D eigenvalue weighted by Gasteiger charge is 2.20. The number of carbonyl (C=O) groups is 1. The topological polar surface area (TPSA) is 104 Å². The summed E-state index contributed by atoms with van der Waals surface area (Å²) in [6.07, 6.45) is 15.0. The van der Waals surface area contributed by atoms with Crippen LogP contribution in [0.2, 0.25) is 0 Å². The van der Waals surface area contributed by atoms with Crippen molar-refractivity contribution in [1.29, 1.82) is 0 Å². The van der Waals surface area contributed by atoms with Gasteiger partial charge in [0.05, 0.1) is 6.10 Å². The highest BCUT2D eigenvalue weighted by atomic mass is 31.2. The zero-order chi connectivity index (χ0) is 19.0. The molecule has 0 saturated carbocycles. The van der Waals surface area contributed by atoms with Gasteiger partial charge in [-0.2, -0.15) is 0 Å². The first-order chi connectivity index (χ1) is 11.8. The third kappa shape index (κ3) is 19.5. The van der Waals surface area contributed by atoms with Gasteiger partial charge in [0.25, 0.3) is 0 Å². The molecule has 3 N–H and O–H groups in total. The highest BCUT2D eigenvalue weighted by Crippen LogP contribution is 2.39. The van der Waals surface area contributed by atoms with E-state index < -0.39 is 19.9 Å². The second-order valence-electron chi connectivity index (χ2n) is 6.47. The van der Waals surface area contributed by atoms with Gasteiger partial charge in [0.1, 0.15) is 0 Å². The molecule has 0 aromatic carbocycles. The van der Waals surface area contributed by atoms with Crippen molar-refractivity contribution < 1.29 is 28.8 Å². The van der Waals surface area contributed by atoms with Crippen molar-refractivity contribution in [1.82, 2.24) is 0 Å². The Kier molecular flexibility index (Phi) is 15.1. The molecule has 148 valence electrons. The molecule has 0 rings (SSSR count). The highest BCUT2D eigenvalue weighted by molar-refractivity contribution is 7.46. The third-order valence-corrected chi connectivity index (χ3v) is 4.57. The molecule has 0 aliphatic heterocycles. The molecule has 0 radical (unpaired) electrons. The fraction of sp³-hybridized carbons (Fsp3) is 0.833. The predicted molar refractivity (Wildman–Crippen MR) is 99.4 cm³/mol. The van der Waals surface area contributed by atoms with Gasteiger partial charge in [-0.1, -0.05) is 64.0 Å². The van der Waals surface area contributed by atoms with Gasteiger partial charge >= 0.3 is 13.8 Å². The maximum atomic E-state index is 11.0. The first-order valence-corrected chi connectivity index (χ1v) is 11.0. The Balaban J connectivity index is 3.84. The summed E-state index contributed by atoms with van der Waals surface area (Å²) < 4.78 is 15.9. The summed E-state index contributed by atoms with van der Waals surface area (Å²) in [6.45, 7) is 2.12. The summed E-state index contributed by atoms with van der Waals surface area (Å²) in [7, 11) is -4.44. The third-order valence-electron chi connectivity index (χ3n) is 3.99. The molecule has 0 fully saturated rings. The number of carboxylic acid groups (broad SMARTS) is 1. The number of carboxylic acids is 1. The molecule has 0 unspecified atom stereocenters. The Hall–Kier alpha value is -0.680. The number of phosphoric acid groups is 1. The minimum Gasteiger partial charge on any atom is -0.481 e. The second kappa shape index (κ2) is 15.6. The molecular weight excluding hydrogens is 343 g/mol. The quantitative estimate of drug-likeness (QED) is 0.183. The van der Waals surface area contributed by atoms with Gasteiger partial charge in [0.15, 0.2) is 0 Å². The Morgan fingerprint density at radius 3 is 2.28 bits per heavy atom. The number of allylic oxidation sites excluding steroid dienone is 1. The van der Waals surface area contributed by atoms with Crippen LogP contribution in [0.3, 0.4) is 0 Å². The SMILES string of the molecule is CCCCCC[C@H](C/C=C\CCCCCCCC(=O)O)OP(=O)(O)O. The van der Waals surface area contributed by atoms with E-state index in [9.17, 15) is 9.36 Å². The van der Waals surface area contributed by atoms with Crippen molar-refractivity contribution in [3.8, 4) is 0 Å². The number of hydrogen-bond donors (Lipinski definition) is 3. The van der Waals surface area contributed by atoms with Crippen LogP contribution in [0.15, 0.2) is 12.2 Å². The Morgan fingerprint density at radius 1 is 1.00 bits per heavy atom. The van der Waals surface area contributed by atoms with Crippen LogP contribution in [0.5, 0.6) is 0 Å². The maximum Gasteiger partial charge on any atom is 0.469 e. The smallest absolute Gasteiger partial charge is 0.469 e. The normalized spacial score (nSPS) is 13.4. The van der Waals surface area contributed by atoms with Crippen LogP contribution in [-0.4, -0.2) is 27.0 Å². The van der Waals surface area contributed by atoms with Crippen molar-refractivity contribution >= 4 is 13.8 Å². The molecular formula is C18H35O6P. The van der Waals surface area contributed by atoms with Crippen LogP contribution in [0.4, 0.5) is 0 Å². The van der Waals surface area contributed by atoms with Crippen LogP contribution in [0.25, 0.3) is 0 Å². The minimum atomic E-state index is -4.44. The summed E-state index contributed by atoms with van der Waals surface area (Å²) in [6, 6.07) is 0. The van der Waals surface area contributed by atoms with Gasteiger partial charge in [0.2, 0.25) is 0 Å². The lowest BCUT2D eigenvalue weighted by Crippen LogP contribution is -2.10. The van der Waals surface area contributed by atoms with E-state index in [4.69, 9.17) is 19.4 Å². The monoisotopic (exact) mass is 378 g/mol. The summed E-state index contributed by atoms with van der Waals surface area (Å²) in [5.74, 6) is -0.732. The van der Waals surface area contributed by atoms with E-state index in [0.717, 1.165) is 64.2 Å². The van der Waals surface area contributed by atoms with Gasteiger partial charge in [-0.15, -0.1) is 0 Å². The molecule has 0 aromatic rings. The van der Waals surface area contributed by atoms with Crippen LogP contribution in [0.1, 0.15) is 90.4 Å². The Bertz CT molecular complexity index is 404. The average Bonchev–Trinajstić information content (AvgIpc) is 2.51. The van der Waals surface area contributed by atoms with Gasteiger partial charge in [-0.25, -0.2) is 4.57 Å². The molecule has 6 nitrogen and oxygen atoms in total. The van der Waals surface area contributed by atoms with Gasteiger partial charge in [-0.05, 0) is 32.1 Å². The maximum absolute atomic E-state index is 11.0. The van der Waals surface area contributed by atoms with E-state index in [1.165, 1.54) is 0 Å². The summed E-state index contributed by atoms with van der Waals surface area (Å²) in [5, 5.41) is 8.54. The number of unbranched alkanes of at least 4 members (excludes halogenated alkanes) is 8. The molecule has 0 heterocycles. The standard InChI is InChI=1S/C18H35O6P/c1-2-3-4-11-14-17(24-25(21,22)23)15-12-9-7-5-6-8-10-13-16-18(19)20/h9,12,17H,2-8,10-11,13-16H2,1H3,(H,19,20)(H2,21,22,23)/b12-9-/t17-/m1/s1. The molecule has 0 spiro atoms. The van der Waals surface area contributed by atoms with Gasteiger partial charge in [-0.3, -0.25) is 9.32 Å². The molecule has 0 aromatic heterocycles. The van der Waals surface area contributed by atoms with Crippen LogP contribution >= 0.6 is 7.82 Å². The summed E-state index contributed by atoms with van der Waals surface area (Å²) >= 11 is 0. The largest absolute Gasteiger partial charge is 0.481 e. The molecule has 0 amide bonds. The lowest BCUT2D eigenvalue weighted by atomic mass is 10.1. The predicted octanol–water partition coefficient (Wildman–Crippen LogP) is 5.20. The first kappa shape index (κ1) is 24.3. The van der Waals surface area contributed by atoms with Gasteiger partial charge in [0, 0.05) is 6.42 Å². The Labute approximate surface area is 151 Å². The number of aliphatic carboxylic acids is 1. The fourth-order valence-corrected chi connectivity index (χ4v) is 3.22. The van der Waals surface area contributed by atoms with Crippen molar-refractivity contribution in [2.45, 2.75) is 96.5 Å². The van der Waals surface area contributed by atoms with Gasteiger partial charge < -0.3 is 14.9 Å². The number of hydrogen-bond acceptors (Lipinski definition) is 3. The summed E-state index contributed by atoms with van der Waals surface area (Å²) in [5.41, 5.74) is 0.